The van der Waals surface area contributed by atoms with E-state index in [4.69, 9.17) is 4.74 Å². The summed E-state index contributed by atoms with van der Waals surface area (Å²) in [4.78, 5) is 21.6. The molecule has 1 aromatic heterocycles. The number of nitrogens with zero attached hydrogens (tertiary/aromatic N) is 2. The summed E-state index contributed by atoms with van der Waals surface area (Å²) in [6, 6.07) is 10.1. The van der Waals surface area contributed by atoms with E-state index in [1.807, 2.05) is 39.0 Å². The third kappa shape index (κ3) is 5.56. The molecule has 0 radical (unpaired) electrons. The van der Waals surface area contributed by atoms with Crippen LogP contribution in [0.4, 0.5) is 0 Å². The Hall–Kier alpha value is -2.08. The molecule has 0 saturated heterocycles. The van der Waals surface area contributed by atoms with Crippen LogP contribution in [0.15, 0.2) is 35.2 Å². The Kier molecular flexibility index (Phi) is 6.40. The van der Waals surface area contributed by atoms with Crippen LogP contribution in [-0.4, -0.2) is 34.8 Å². The monoisotopic (exact) mass is 331 g/mol. The van der Waals surface area contributed by atoms with Crippen LogP contribution >= 0.6 is 11.8 Å². The van der Waals surface area contributed by atoms with Crippen molar-refractivity contribution in [1.82, 2.24) is 15.3 Å². The van der Waals surface area contributed by atoms with Crippen LogP contribution < -0.4 is 10.1 Å². The lowest BCUT2D eigenvalue weighted by molar-refractivity contribution is -0.123. The summed E-state index contributed by atoms with van der Waals surface area (Å²) in [6.45, 7) is 6.14. The van der Waals surface area contributed by atoms with Crippen LogP contribution in [0.3, 0.4) is 0 Å². The molecule has 0 aliphatic rings. The summed E-state index contributed by atoms with van der Waals surface area (Å²) < 4.78 is 5.46. The number of amides is 1. The zero-order chi connectivity index (χ0) is 16.7. The fraction of sp³-hybridized carbons (Fsp3) is 0.353. The summed E-state index contributed by atoms with van der Waals surface area (Å²) in [5.41, 5.74) is 2.38. The maximum atomic E-state index is 11.8. The van der Waals surface area contributed by atoms with Gasteiger partial charge < -0.3 is 10.1 Å². The van der Waals surface area contributed by atoms with Gasteiger partial charge in [0.05, 0.1) is 17.1 Å². The van der Waals surface area contributed by atoms with Gasteiger partial charge >= 0.3 is 0 Å². The SMILES string of the molecule is Cc1nc(C)c(OCC(=O)NCCSc2ccccc2)nc1C. The number of hydrogen-bond donors (Lipinski definition) is 1. The molecule has 0 atom stereocenters. The Bertz CT molecular complexity index is 662. The first-order valence-corrected chi connectivity index (χ1v) is 8.44. The van der Waals surface area contributed by atoms with E-state index in [0.29, 0.717) is 18.1 Å². The van der Waals surface area contributed by atoms with E-state index in [0.717, 1.165) is 17.1 Å². The maximum absolute atomic E-state index is 11.8. The first-order chi connectivity index (χ1) is 11.1. The molecule has 23 heavy (non-hydrogen) atoms. The topological polar surface area (TPSA) is 64.1 Å². The van der Waals surface area contributed by atoms with Crippen molar-refractivity contribution < 1.29 is 9.53 Å². The highest BCUT2D eigenvalue weighted by molar-refractivity contribution is 7.99. The van der Waals surface area contributed by atoms with Crippen molar-refractivity contribution in [2.45, 2.75) is 25.7 Å². The van der Waals surface area contributed by atoms with Crippen molar-refractivity contribution in [3.8, 4) is 5.88 Å². The molecule has 0 bridgehead atoms. The number of aromatic nitrogens is 2. The Balaban J connectivity index is 1.70. The first-order valence-electron chi connectivity index (χ1n) is 7.45. The Morgan fingerprint density at radius 1 is 1.09 bits per heavy atom. The molecule has 0 unspecified atom stereocenters. The van der Waals surface area contributed by atoms with E-state index < -0.39 is 0 Å². The van der Waals surface area contributed by atoms with Crippen molar-refractivity contribution in [1.29, 1.82) is 0 Å². The molecule has 1 amide bonds. The van der Waals surface area contributed by atoms with Gasteiger partial charge in [0.1, 0.15) is 0 Å². The van der Waals surface area contributed by atoms with E-state index in [1.54, 1.807) is 11.8 Å². The number of carbonyl (C=O) groups excluding carboxylic acids is 1. The first kappa shape index (κ1) is 17.3. The molecule has 0 spiro atoms. The molecule has 5 nitrogen and oxygen atoms in total. The number of thioether (sulfide) groups is 1. The summed E-state index contributed by atoms with van der Waals surface area (Å²) >= 11 is 1.70. The predicted octanol–water partition coefficient (Wildman–Crippen LogP) is 2.69. The minimum Gasteiger partial charge on any atom is -0.466 e. The van der Waals surface area contributed by atoms with Gasteiger partial charge in [0, 0.05) is 17.2 Å². The second-order valence-electron chi connectivity index (χ2n) is 5.09. The second kappa shape index (κ2) is 8.53. The molecule has 0 aliphatic carbocycles. The fourth-order valence-corrected chi connectivity index (χ4v) is 2.68. The smallest absolute Gasteiger partial charge is 0.258 e. The quantitative estimate of drug-likeness (QED) is 0.624. The molecule has 122 valence electrons. The number of benzene rings is 1. The standard InChI is InChI=1S/C17H21N3O2S/c1-12-13(2)20-17(14(3)19-12)22-11-16(21)18-9-10-23-15-7-5-4-6-8-15/h4-8H,9-11H2,1-3H3,(H,18,21). The molecule has 6 heteroatoms. The lowest BCUT2D eigenvalue weighted by Crippen LogP contribution is -2.31. The van der Waals surface area contributed by atoms with Crippen molar-refractivity contribution in [2.24, 2.45) is 0 Å². The molecule has 0 aliphatic heterocycles. The lowest BCUT2D eigenvalue weighted by Gasteiger charge is -2.10. The van der Waals surface area contributed by atoms with Crippen molar-refractivity contribution in [3.63, 3.8) is 0 Å². The molecule has 0 saturated carbocycles. The highest BCUT2D eigenvalue weighted by atomic mass is 32.2. The minimum atomic E-state index is -0.155. The Morgan fingerprint density at radius 2 is 1.78 bits per heavy atom. The number of hydrogen-bond acceptors (Lipinski definition) is 5. The van der Waals surface area contributed by atoms with Crippen molar-refractivity contribution in [3.05, 3.63) is 47.4 Å². The number of aryl methyl sites for hydroxylation is 3. The minimum absolute atomic E-state index is 0.0476. The fourth-order valence-electron chi connectivity index (χ4n) is 1.89. The van der Waals surface area contributed by atoms with Gasteiger partial charge in [-0.25, -0.2) is 4.98 Å². The van der Waals surface area contributed by atoms with Gasteiger partial charge in [0.25, 0.3) is 5.91 Å². The predicted molar refractivity (Wildman–Crippen MR) is 91.9 cm³/mol. The molecular weight excluding hydrogens is 310 g/mol. The molecule has 2 rings (SSSR count). The molecule has 1 N–H and O–H groups in total. The average molecular weight is 331 g/mol. The highest BCUT2D eigenvalue weighted by Crippen LogP contribution is 2.16. The third-order valence-electron chi connectivity index (χ3n) is 3.21. The van der Waals surface area contributed by atoms with E-state index in [9.17, 15) is 4.79 Å². The largest absolute Gasteiger partial charge is 0.466 e. The maximum Gasteiger partial charge on any atom is 0.258 e. The average Bonchev–Trinajstić information content (AvgIpc) is 2.55. The summed E-state index contributed by atoms with van der Waals surface area (Å²) in [5, 5.41) is 2.84. The zero-order valence-corrected chi connectivity index (χ0v) is 14.4. The van der Waals surface area contributed by atoms with Gasteiger partial charge in [-0.15, -0.1) is 11.8 Å². The summed E-state index contributed by atoms with van der Waals surface area (Å²) in [7, 11) is 0. The second-order valence-corrected chi connectivity index (χ2v) is 6.25. The van der Waals surface area contributed by atoms with Crippen LogP contribution in [0.25, 0.3) is 0 Å². The van der Waals surface area contributed by atoms with E-state index in [2.05, 4.69) is 27.4 Å². The highest BCUT2D eigenvalue weighted by Gasteiger charge is 2.09. The number of carbonyl (C=O) groups is 1. The number of ether oxygens (including phenoxy) is 1. The van der Waals surface area contributed by atoms with Crippen molar-refractivity contribution >= 4 is 17.7 Å². The van der Waals surface area contributed by atoms with Gasteiger partial charge in [-0.05, 0) is 32.9 Å². The normalized spacial score (nSPS) is 10.4. The van der Waals surface area contributed by atoms with Gasteiger partial charge in [-0.1, -0.05) is 18.2 Å². The van der Waals surface area contributed by atoms with Crippen LogP contribution in [-0.2, 0) is 4.79 Å². The number of nitrogens with one attached hydrogen (secondary N) is 1. The van der Waals surface area contributed by atoms with Crippen LogP contribution in [0.5, 0.6) is 5.88 Å². The van der Waals surface area contributed by atoms with Gasteiger partial charge in [0.2, 0.25) is 5.88 Å². The summed E-state index contributed by atoms with van der Waals surface area (Å²) in [5.74, 6) is 1.08. The molecule has 2 aromatic rings. The van der Waals surface area contributed by atoms with Gasteiger partial charge in [-0.2, -0.15) is 0 Å². The van der Waals surface area contributed by atoms with Crippen LogP contribution in [0.2, 0.25) is 0 Å². The molecule has 0 fully saturated rings. The lowest BCUT2D eigenvalue weighted by atomic mass is 10.3. The van der Waals surface area contributed by atoms with E-state index in [1.165, 1.54) is 4.90 Å². The molecule has 1 aromatic carbocycles. The van der Waals surface area contributed by atoms with E-state index >= 15 is 0 Å². The van der Waals surface area contributed by atoms with Gasteiger partial charge in [0.15, 0.2) is 6.61 Å². The third-order valence-corrected chi connectivity index (χ3v) is 4.23. The zero-order valence-electron chi connectivity index (χ0n) is 13.6. The Morgan fingerprint density at radius 3 is 2.52 bits per heavy atom. The molecular formula is C17H21N3O2S. The van der Waals surface area contributed by atoms with Crippen molar-refractivity contribution in [2.75, 3.05) is 18.9 Å². The Labute approximate surface area is 140 Å². The van der Waals surface area contributed by atoms with Gasteiger partial charge in [-0.3, -0.25) is 9.78 Å². The summed E-state index contributed by atoms with van der Waals surface area (Å²) in [6.07, 6.45) is 0. The van der Waals surface area contributed by atoms with Crippen LogP contribution in [0.1, 0.15) is 17.1 Å². The van der Waals surface area contributed by atoms with Crippen LogP contribution in [0, 0.1) is 20.8 Å². The van der Waals surface area contributed by atoms with E-state index in [-0.39, 0.29) is 12.5 Å². The molecule has 1 heterocycles. The number of rotatable bonds is 7.